The van der Waals surface area contributed by atoms with Gasteiger partial charge in [-0.15, -0.1) is 11.3 Å². The van der Waals surface area contributed by atoms with Gasteiger partial charge in [0.15, 0.2) is 5.82 Å². The summed E-state index contributed by atoms with van der Waals surface area (Å²) in [4.78, 5) is 21.4. The molecule has 0 aliphatic rings. The number of hydrogen-bond donors (Lipinski definition) is 1. The van der Waals surface area contributed by atoms with E-state index in [2.05, 4.69) is 20.4 Å². The van der Waals surface area contributed by atoms with E-state index in [1.54, 1.807) is 17.5 Å². The van der Waals surface area contributed by atoms with E-state index in [4.69, 9.17) is 4.52 Å². The molecule has 0 fully saturated rings. The smallest absolute Gasteiger partial charge is 0.226 e. The minimum atomic E-state index is -0.119. The van der Waals surface area contributed by atoms with Gasteiger partial charge < -0.3 is 9.84 Å². The summed E-state index contributed by atoms with van der Waals surface area (Å²) >= 11 is 1.60. The van der Waals surface area contributed by atoms with Crippen molar-refractivity contribution < 1.29 is 9.32 Å². The largest absolute Gasteiger partial charge is 0.351 e. The van der Waals surface area contributed by atoms with Crippen molar-refractivity contribution in [1.82, 2.24) is 20.4 Å². The van der Waals surface area contributed by atoms with Gasteiger partial charge in [0.2, 0.25) is 11.8 Å². The molecular formula is C15H22N4O2S. The van der Waals surface area contributed by atoms with Gasteiger partial charge in [-0.25, -0.2) is 4.98 Å². The van der Waals surface area contributed by atoms with Gasteiger partial charge in [-0.2, -0.15) is 4.98 Å². The Morgan fingerprint density at radius 1 is 1.41 bits per heavy atom. The van der Waals surface area contributed by atoms with E-state index in [1.165, 1.54) is 0 Å². The summed E-state index contributed by atoms with van der Waals surface area (Å²) in [5.41, 5.74) is -0.119. The Morgan fingerprint density at radius 3 is 2.77 bits per heavy atom. The van der Waals surface area contributed by atoms with E-state index in [0.29, 0.717) is 37.5 Å². The van der Waals surface area contributed by atoms with E-state index in [1.807, 2.05) is 27.7 Å². The van der Waals surface area contributed by atoms with Gasteiger partial charge in [0.1, 0.15) is 0 Å². The predicted molar refractivity (Wildman–Crippen MR) is 84.6 cm³/mol. The lowest BCUT2D eigenvalue weighted by atomic mass is 9.96. The van der Waals surface area contributed by atoms with Crippen LogP contribution in [0.1, 0.15) is 55.2 Å². The fourth-order valence-corrected chi connectivity index (χ4v) is 2.56. The third kappa shape index (κ3) is 4.91. The third-order valence-corrected chi connectivity index (χ3v) is 3.98. The normalized spacial score (nSPS) is 11.6. The van der Waals surface area contributed by atoms with Crippen LogP contribution >= 0.6 is 11.3 Å². The number of aromatic nitrogens is 3. The Labute approximate surface area is 134 Å². The molecule has 6 nitrogen and oxygen atoms in total. The second-order valence-corrected chi connectivity index (χ2v) is 7.56. The number of nitrogens with one attached hydrogen (secondary N) is 1. The van der Waals surface area contributed by atoms with Crippen molar-refractivity contribution >= 4 is 17.2 Å². The Balaban J connectivity index is 1.69. The van der Waals surface area contributed by atoms with Gasteiger partial charge in [0.25, 0.3) is 0 Å². The topological polar surface area (TPSA) is 80.9 Å². The van der Waals surface area contributed by atoms with Crippen LogP contribution in [0.25, 0.3) is 0 Å². The maximum absolute atomic E-state index is 11.8. The molecule has 0 aliphatic heterocycles. The van der Waals surface area contributed by atoms with E-state index >= 15 is 0 Å². The number of thiazole rings is 1. The molecule has 2 aromatic rings. The Bertz CT molecular complexity index is 628. The highest BCUT2D eigenvalue weighted by molar-refractivity contribution is 7.11. The first-order valence-electron chi connectivity index (χ1n) is 7.35. The van der Waals surface area contributed by atoms with Crippen LogP contribution in [0.3, 0.4) is 0 Å². The van der Waals surface area contributed by atoms with E-state index < -0.39 is 0 Å². The Kier molecular flexibility index (Phi) is 5.28. The van der Waals surface area contributed by atoms with Gasteiger partial charge in [0.05, 0.1) is 11.6 Å². The zero-order chi connectivity index (χ0) is 16.2. The summed E-state index contributed by atoms with van der Waals surface area (Å²) < 4.78 is 5.21. The number of carbonyl (C=O) groups is 1. The lowest BCUT2D eigenvalue weighted by Crippen LogP contribution is -2.22. The van der Waals surface area contributed by atoms with Gasteiger partial charge in [-0.3, -0.25) is 4.79 Å². The molecule has 1 N–H and O–H groups in total. The molecule has 0 saturated heterocycles. The van der Waals surface area contributed by atoms with E-state index in [-0.39, 0.29) is 11.3 Å². The van der Waals surface area contributed by atoms with Crippen molar-refractivity contribution in [3.8, 4) is 0 Å². The van der Waals surface area contributed by atoms with Crippen LogP contribution in [-0.4, -0.2) is 21.0 Å². The first-order valence-corrected chi connectivity index (χ1v) is 8.17. The monoisotopic (exact) mass is 322 g/mol. The minimum Gasteiger partial charge on any atom is -0.351 e. The molecule has 0 aliphatic carbocycles. The molecule has 2 aromatic heterocycles. The van der Waals surface area contributed by atoms with Gasteiger partial charge >= 0.3 is 0 Å². The van der Waals surface area contributed by atoms with Crippen LogP contribution in [0.2, 0.25) is 0 Å². The second kappa shape index (κ2) is 7.00. The fraction of sp³-hybridized carbons (Fsp3) is 0.600. The number of nitrogens with zero attached hydrogens (tertiary/aromatic N) is 3. The van der Waals surface area contributed by atoms with E-state index in [0.717, 1.165) is 9.88 Å². The highest BCUT2D eigenvalue weighted by Crippen LogP contribution is 2.19. The summed E-state index contributed by atoms with van der Waals surface area (Å²) in [5.74, 6) is 1.32. The van der Waals surface area contributed by atoms with Crippen molar-refractivity contribution in [3.05, 3.63) is 27.8 Å². The molecule has 0 atom stereocenters. The first kappa shape index (κ1) is 16.6. The number of amides is 1. The highest BCUT2D eigenvalue weighted by Gasteiger charge is 2.20. The lowest BCUT2D eigenvalue weighted by molar-refractivity contribution is -0.121. The van der Waals surface area contributed by atoms with Crippen LogP contribution in [0.4, 0.5) is 0 Å². The van der Waals surface area contributed by atoms with Crippen LogP contribution in [0.5, 0.6) is 0 Å². The maximum atomic E-state index is 11.8. The number of hydrogen-bond acceptors (Lipinski definition) is 6. The molecule has 0 radical (unpaired) electrons. The summed E-state index contributed by atoms with van der Waals surface area (Å²) in [6.45, 7) is 8.61. The summed E-state index contributed by atoms with van der Waals surface area (Å²) in [5, 5.41) is 7.87. The first-order chi connectivity index (χ1) is 10.3. The second-order valence-electron chi connectivity index (χ2n) is 6.24. The Morgan fingerprint density at radius 2 is 2.18 bits per heavy atom. The van der Waals surface area contributed by atoms with Crippen molar-refractivity contribution in [2.45, 2.75) is 58.9 Å². The maximum Gasteiger partial charge on any atom is 0.226 e. The highest BCUT2D eigenvalue weighted by atomic mass is 32.1. The predicted octanol–water partition coefficient (Wildman–Crippen LogP) is 2.77. The molecule has 0 bridgehead atoms. The molecule has 0 spiro atoms. The Hall–Kier alpha value is -1.76. The SMILES string of the molecule is Cc1ncc(CNC(=O)CCCc2nc(C(C)(C)C)no2)s1. The molecule has 120 valence electrons. The van der Waals surface area contributed by atoms with Gasteiger partial charge in [-0.1, -0.05) is 25.9 Å². The van der Waals surface area contributed by atoms with Crippen molar-refractivity contribution in [1.29, 1.82) is 0 Å². The summed E-state index contributed by atoms with van der Waals surface area (Å²) in [6.07, 6.45) is 3.56. The molecule has 7 heteroatoms. The van der Waals surface area contributed by atoms with Crippen molar-refractivity contribution in [3.63, 3.8) is 0 Å². The minimum absolute atomic E-state index is 0.0293. The van der Waals surface area contributed by atoms with Crippen LogP contribution in [0, 0.1) is 6.92 Å². The lowest BCUT2D eigenvalue weighted by Gasteiger charge is -2.10. The fourth-order valence-electron chi connectivity index (χ4n) is 1.82. The average molecular weight is 322 g/mol. The van der Waals surface area contributed by atoms with Crippen molar-refractivity contribution in [2.24, 2.45) is 0 Å². The molecule has 2 heterocycles. The van der Waals surface area contributed by atoms with Crippen LogP contribution in [0.15, 0.2) is 10.7 Å². The van der Waals surface area contributed by atoms with Crippen LogP contribution in [-0.2, 0) is 23.2 Å². The van der Waals surface area contributed by atoms with Gasteiger partial charge in [0, 0.05) is 29.3 Å². The third-order valence-electron chi connectivity index (χ3n) is 3.06. The standard InChI is InChI=1S/C15H22N4O2S/c1-10-16-8-11(22-10)9-17-12(20)6-5-7-13-18-14(19-21-13)15(2,3)4/h8H,5-7,9H2,1-4H3,(H,17,20). The molecular weight excluding hydrogens is 300 g/mol. The van der Waals surface area contributed by atoms with E-state index in [9.17, 15) is 4.79 Å². The molecule has 0 unspecified atom stereocenters. The number of aryl methyl sites for hydroxylation is 2. The number of carbonyl (C=O) groups excluding carboxylic acids is 1. The van der Waals surface area contributed by atoms with Gasteiger partial charge in [-0.05, 0) is 13.3 Å². The summed E-state index contributed by atoms with van der Waals surface area (Å²) in [7, 11) is 0. The molecule has 2 rings (SSSR count). The zero-order valence-electron chi connectivity index (χ0n) is 13.5. The molecule has 22 heavy (non-hydrogen) atoms. The molecule has 1 amide bonds. The molecule has 0 aromatic carbocycles. The molecule has 0 saturated carbocycles. The van der Waals surface area contributed by atoms with Crippen LogP contribution < -0.4 is 5.32 Å². The quantitative estimate of drug-likeness (QED) is 0.884. The average Bonchev–Trinajstić information content (AvgIpc) is 3.05. The zero-order valence-corrected chi connectivity index (χ0v) is 14.3. The van der Waals surface area contributed by atoms with Crippen molar-refractivity contribution in [2.75, 3.05) is 0 Å². The number of rotatable bonds is 6. The summed E-state index contributed by atoms with van der Waals surface area (Å²) in [6, 6.07) is 0.